The highest BCUT2D eigenvalue weighted by molar-refractivity contribution is 5.76. The van der Waals surface area contributed by atoms with Crippen molar-refractivity contribution in [2.45, 2.75) is 44.9 Å². The van der Waals surface area contributed by atoms with Gasteiger partial charge in [-0.25, -0.2) is 0 Å². The molecule has 16 heavy (non-hydrogen) atoms. The smallest absolute Gasteiger partial charge is 0.222 e. The number of likely N-dealkylation sites (tertiary alicyclic amines) is 1. The lowest BCUT2D eigenvalue weighted by Gasteiger charge is -2.37. The highest BCUT2D eigenvalue weighted by atomic mass is 16.2. The van der Waals surface area contributed by atoms with Gasteiger partial charge in [0.05, 0.1) is 0 Å². The quantitative estimate of drug-likeness (QED) is 0.777. The molecule has 0 aromatic carbocycles. The van der Waals surface area contributed by atoms with Crippen LogP contribution >= 0.6 is 0 Å². The van der Waals surface area contributed by atoms with Crippen molar-refractivity contribution in [1.29, 1.82) is 0 Å². The number of hydrogen-bond donors (Lipinski definition) is 1. The summed E-state index contributed by atoms with van der Waals surface area (Å²) in [6, 6.07) is 0. The summed E-state index contributed by atoms with van der Waals surface area (Å²) in [7, 11) is 1.92. The highest BCUT2D eigenvalue weighted by Crippen LogP contribution is 2.46. The Balaban J connectivity index is 2.11. The normalized spacial score (nSPS) is 33.1. The summed E-state index contributed by atoms with van der Waals surface area (Å²) in [5.74, 6) is 1.07. The number of carbonyl (C=O) groups excluding carboxylic acids is 1. The zero-order valence-corrected chi connectivity index (χ0v) is 10.4. The molecule has 1 aliphatic heterocycles. The van der Waals surface area contributed by atoms with Crippen LogP contribution in [0, 0.1) is 11.3 Å². The summed E-state index contributed by atoms with van der Waals surface area (Å²) in [4.78, 5) is 13.6. The van der Waals surface area contributed by atoms with Crippen LogP contribution < -0.4 is 5.73 Å². The first-order chi connectivity index (χ1) is 7.68. The van der Waals surface area contributed by atoms with Crippen molar-refractivity contribution in [3.8, 4) is 0 Å². The molecule has 3 heteroatoms. The van der Waals surface area contributed by atoms with E-state index in [4.69, 9.17) is 5.73 Å². The predicted molar refractivity (Wildman–Crippen MR) is 64.9 cm³/mol. The predicted octanol–water partition coefficient (Wildman–Crippen LogP) is 1.76. The second-order valence-corrected chi connectivity index (χ2v) is 5.61. The van der Waals surface area contributed by atoms with E-state index in [1.54, 1.807) is 0 Å². The molecule has 92 valence electrons. The van der Waals surface area contributed by atoms with Crippen LogP contribution in [0.25, 0.3) is 0 Å². The Bertz CT molecular complexity index is 261. The van der Waals surface area contributed by atoms with Gasteiger partial charge in [-0.05, 0) is 43.6 Å². The molecule has 1 aliphatic carbocycles. The summed E-state index contributed by atoms with van der Waals surface area (Å²) in [6.45, 7) is 1.66. The minimum absolute atomic E-state index is 0.261. The van der Waals surface area contributed by atoms with E-state index >= 15 is 0 Å². The number of nitrogens with two attached hydrogens (primary N) is 1. The molecule has 1 saturated heterocycles. The zero-order chi connectivity index (χ0) is 11.6. The van der Waals surface area contributed by atoms with Gasteiger partial charge in [0.25, 0.3) is 0 Å². The van der Waals surface area contributed by atoms with Gasteiger partial charge in [-0.15, -0.1) is 0 Å². The number of carbonyl (C=O) groups is 1. The number of nitrogens with zero attached hydrogens (tertiary/aromatic N) is 1. The van der Waals surface area contributed by atoms with E-state index in [1.165, 1.54) is 25.7 Å². The zero-order valence-electron chi connectivity index (χ0n) is 10.4. The molecule has 0 spiro atoms. The van der Waals surface area contributed by atoms with Crippen molar-refractivity contribution in [2.24, 2.45) is 17.1 Å². The summed E-state index contributed by atoms with van der Waals surface area (Å²) < 4.78 is 0. The minimum atomic E-state index is 0.261. The maximum atomic E-state index is 11.7. The average Bonchev–Trinajstić information content (AvgIpc) is 2.79. The first-order valence-corrected chi connectivity index (χ1v) is 6.62. The Kier molecular flexibility index (Phi) is 3.53. The van der Waals surface area contributed by atoms with Gasteiger partial charge in [0.15, 0.2) is 0 Å². The van der Waals surface area contributed by atoms with Crippen LogP contribution in [0.15, 0.2) is 0 Å². The van der Waals surface area contributed by atoms with E-state index in [9.17, 15) is 4.79 Å². The molecule has 2 rings (SSSR count). The van der Waals surface area contributed by atoms with Crippen LogP contribution in [0.4, 0.5) is 0 Å². The van der Waals surface area contributed by atoms with E-state index in [0.29, 0.717) is 12.3 Å². The summed E-state index contributed by atoms with van der Waals surface area (Å²) in [5, 5.41) is 0. The Morgan fingerprint density at radius 3 is 2.69 bits per heavy atom. The van der Waals surface area contributed by atoms with Gasteiger partial charge in [-0.2, -0.15) is 0 Å². The van der Waals surface area contributed by atoms with Gasteiger partial charge in [-0.1, -0.05) is 12.8 Å². The maximum Gasteiger partial charge on any atom is 0.222 e. The van der Waals surface area contributed by atoms with E-state index in [0.717, 1.165) is 31.8 Å². The van der Waals surface area contributed by atoms with Gasteiger partial charge >= 0.3 is 0 Å². The van der Waals surface area contributed by atoms with Crippen molar-refractivity contribution in [2.75, 3.05) is 20.1 Å². The molecule has 1 heterocycles. The van der Waals surface area contributed by atoms with Gasteiger partial charge < -0.3 is 10.6 Å². The molecule has 2 N–H and O–H groups in total. The topological polar surface area (TPSA) is 46.3 Å². The first kappa shape index (κ1) is 11.9. The molecular formula is C13H24N2O. The van der Waals surface area contributed by atoms with Crippen LogP contribution in [0.1, 0.15) is 44.9 Å². The first-order valence-electron chi connectivity index (χ1n) is 6.62. The molecule has 0 bridgehead atoms. The Morgan fingerprint density at radius 2 is 2.06 bits per heavy atom. The molecule has 0 radical (unpaired) electrons. The standard InChI is InChI=1S/C13H24N2O/c1-15-9-8-13(10-14,7-6-12(15)16)11-4-2-3-5-11/h11H,2-10,14H2,1H3. The number of rotatable bonds is 2. The van der Waals surface area contributed by atoms with Gasteiger partial charge in [0.2, 0.25) is 5.91 Å². The fraction of sp³-hybridized carbons (Fsp3) is 0.923. The summed E-state index contributed by atoms with van der Waals surface area (Å²) in [6.07, 6.45) is 8.19. The lowest BCUT2D eigenvalue weighted by atomic mass is 9.69. The fourth-order valence-electron chi connectivity index (χ4n) is 3.50. The molecule has 1 atom stereocenters. The molecule has 2 fully saturated rings. The lowest BCUT2D eigenvalue weighted by molar-refractivity contribution is -0.129. The summed E-state index contributed by atoms with van der Waals surface area (Å²) >= 11 is 0. The van der Waals surface area contributed by atoms with Crippen molar-refractivity contribution < 1.29 is 4.79 Å². The van der Waals surface area contributed by atoms with Crippen LogP contribution in [-0.4, -0.2) is 30.9 Å². The summed E-state index contributed by atoms with van der Waals surface area (Å²) in [5.41, 5.74) is 6.31. The van der Waals surface area contributed by atoms with Crippen molar-refractivity contribution >= 4 is 5.91 Å². The monoisotopic (exact) mass is 224 g/mol. The largest absolute Gasteiger partial charge is 0.346 e. The third-order valence-corrected chi connectivity index (χ3v) is 4.84. The molecule has 1 saturated carbocycles. The number of amides is 1. The van der Waals surface area contributed by atoms with Gasteiger partial charge in [-0.3, -0.25) is 4.79 Å². The minimum Gasteiger partial charge on any atom is -0.346 e. The SMILES string of the molecule is CN1CCC(CN)(C2CCCC2)CCC1=O. The van der Waals surface area contributed by atoms with Crippen LogP contribution in [0.2, 0.25) is 0 Å². The van der Waals surface area contributed by atoms with E-state index < -0.39 is 0 Å². The van der Waals surface area contributed by atoms with Crippen molar-refractivity contribution in [3.05, 3.63) is 0 Å². The van der Waals surface area contributed by atoms with Crippen LogP contribution in [0.3, 0.4) is 0 Å². The number of hydrogen-bond acceptors (Lipinski definition) is 2. The average molecular weight is 224 g/mol. The van der Waals surface area contributed by atoms with E-state index in [-0.39, 0.29) is 5.41 Å². The highest BCUT2D eigenvalue weighted by Gasteiger charge is 2.40. The van der Waals surface area contributed by atoms with Crippen LogP contribution in [0.5, 0.6) is 0 Å². The molecule has 1 unspecified atom stereocenters. The molecule has 1 amide bonds. The fourth-order valence-corrected chi connectivity index (χ4v) is 3.50. The van der Waals surface area contributed by atoms with E-state index in [1.807, 2.05) is 11.9 Å². The molecule has 0 aromatic rings. The molecule has 0 aromatic heterocycles. The Morgan fingerprint density at radius 1 is 1.38 bits per heavy atom. The second-order valence-electron chi connectivity index (χ2n) is 5.61. The van der Waals surface area contributed by atoms with Crippen LogP contribution in [-0.2, 0) is 4.79 Å². The van der Waals surface area contributed by atoms with Crippen molar-refractivity contribution in [3.63, 3.8) is 0 Å². The molecular weight excluding hydrogens is 200 g/mol. The molecule has 2 aliphatic rings. The second kappa shape index (κ2) is 4.74. The van der Waals surface area contributed by atoms with Gasteiger partial charge in [0, 0.05) is 20.0 Å². The molecule has 3 nitrogen and oxygen atoms in total. The lowest BCUT2D eigenvalue weighted by Crippen LogP contribution is -2.38. The Hall–Kier alpha value is -0.570. The Labute approximate surface area is 98.4 Å². The third-order valence-electron chi connectivity index (χ3n) is 4.84. The van der Waals surface area contributed by atoms with Gasteiger partial charge in [0.1, 0.15) is 0 Å². The van der Waals surface area contributed by atoms with E-state index in [2.05, 4.69) is 0 Å². The maximum absolute atomic E-state index is 11.7. The van der Waals surface area contributed by atoms with Crippen molar-refractivity contribution in [1.82, 2.24) is 4.90 Å². The third kappa shape index (κ3) is 2.10.